The molecule has 20 heavy (non-hydrogen) atoms. The van der Waals surface area contributed by atoms with Gasteiger partial charge in [0.15, 0.2) is 0 Å². The second kappa shape index (κ2) is 8.29. The molecule has 2 rings (SSSR count). The molecule has 1 fully saturated rings. The summed E-state index contributed by atoms with van der Waals surface area (Å²) in [6, 6.07) is 6.18. The summed E-state index contributed by atoms with van der Waals surface area (Å²) in [7, 11) is 0. The first kappa shape index (κ1) is 16.2. The van der Waals surface area contributed by atoms with Gasteiger partial charge in [0, 0.05) is 10.0 Å². The van der Waals surface area contributed by atoms with Crippen molar-refractivity contribution >= 4 is 27.5 Å². The monoisotopic (exact) mass is 358 g/mol. The number of halogens is 2. The summed E-state index contributed by atoms with van der Waals surface area (Å²) in [6.45, 7) is 2.70. The van der Waals surface area contributed by atoms with Crippen molar-refractivity contribution in [1.82, 2.24) is 0 Å². The maximum atomic E-state index is 6.82. The van der Waals surface area contributed by atoms with E-state index in [2.05, 4.69) is 22.0 Å². The van der Waals surface area contributed by atoms with Gasteiger partial charge < -0.3 is 4.74 Å². The molecule has 1 nitrogen and oxygen atoms in total. The molecular formula is C17H24BrClO. The van der Waals surface area contributed by atoms with Crippen LogP contribution in [0.2, 0.25) is 0 Å². The summed E-state index contributed by atoms with van der Waals surface area (Å²) in [4.78, 5) is 0. The topological polar surface area (TPSA) is 9.23 Å². The molecule has 1 aliphatic carbocycles. The van der Waals surface area contributed by atoms with Gasteiger partial charge in [0.05, 0.1) is 12.0 Å². The number of alkyl halides is 1. The maximum absolute atomic E-state index is 6.82. The zero-order chi connectivity index (χ0) is 14.4. The minimum Gasteiger partial charge on any atom is -0.494 e. The van der Waals surface area contributed by atoms with E-state index in [1.807, 2.05) is 19.1 Å². The lowest BCUT2D eigenvalue weighted by atomic mass is 9.86. The highest BCUT2D eigenvalue weighted by molar-refractivity contribution is 9.10. The third-order valence-electron chi connectivity index (χ3n) is 4.13. The van der Waals surface area contributed by atoms with E-state index in [1.165, 1.54) is 44.9 Å². The van der Waals surface area contributed by atoms with Gasteiger partial charge in [0.2, 0.25) is 0 Å². The molecule has 0 N–H and O–H groups in total. The largest absolute Gasteiger partial charge is 0.494 e. The summed E-state index contributed by atoms with van der Waals surface area (Å²) in [5.41, 5.74) is 1.15. The predicted molar refractivity (Wildman–Crippen MR) is 89.7 cm³/mol. The third kappa shape index (κ3) is 4.39. The van der Waals surface area contributed by atoms with Crippen molar-refractivity contribution in [3.63, 3.8) is 0 Å². The van der Waals surface area contributed by atoms with Crippen LogP contribution in [0.5, 0.6) is 5.75 Å². The average molecular weight is 360 g/mol. The number of hydrogen-bond acceptors (Lipinski definition) is 1. The van der Waals surface area contributed by atoms with Gasteiger partial charge in [-0.05, 0) is 43.9 Å². The zero-order valence-electron chi connectivity index (χ0n) is 12.2. The van der Waals surface area contributed by atoms with Gasteiger partial charge in [-0.3, -0.25) is 0 Å². The Kier molecular flexibility index (Phi) is 6.70. The van der Waals surface area contributed by atoms with Crippen LogP contribution in [0.3, 0.4) is 0 Å². The third-order valence-corrected chi connectivity index (χ3v) is 5.22. The Morgan fingerprint density at radius 1 is 1.20 bits per heavy atom. The molecule has 0 bridgehead atoms. The number of rotatable bonds is 4. The van der Waals surface area contributed by atoms with Crippen LogP contribution in [0.4, 0.5) is 0 Å². The van der Waals surface area contributed by atoms with Crippen LogP contribution in [0.25, 0.3) is 0 Å². The number of benzene rings is 1. The Bertz CT molecular complexity index is 413. The molecule has 1 atom stereocenters. The van der Waals surface area contributed by atoms with E-state index in [-0.39, 0.29) is 5.38 Å². The predicted octanol–water partition coefficient (Wildman–Crippen LogP) is 6.49. The standard InChI is InChI=1S/C17H24BrClO/c1-2-20-16-11-10-14(18)12-15(16)17(19)13-8-6-4-3-5-7-9-13/h10-13,17H,2-9H2,1H3. The summed E-state index contributed by atoms with van der Waals surface area (Å²) in [5, 5.41) is 0.0622. The van der Waals surface area contributed by atoms with Crippen LogP contribution in [0, 0.1) is 5.92 Å². The Hall–Kier alpha value is -0.210. The molecule has 1 saturated carbocycles. The van der Waals surface area contributed by atoms with Crippen molar-refractivity contribution in [2.75, 3.05) is 6.61 Å². The van der Waals surface area contributed by atoms with Gasteiger partial charge in [-0.15, -0.1) is 11.6 Å². The lowest BCUT2D eigenvalue weighted by molar-refractivity contribution is 0.325. The van der Waals surface area contributed by atoms with Gasteiger partial charge >= 0.3 is 0 Å². The summed E-state index contributed by atoms with van der Waals surface area (Å²) in [5.74, 6) is 1.52. The molecule has 1 aromatic carbocycles. The van der Waals surface area contributed by atoms with Crippen LogP contribution < -0.4 is 4.74 Å². The van der Waals surface area contributed by atoms with E-state index in [4.69, 9.17) is 16.3 Å². The molecule has 0 radical (unpaired) electrons. The van der Waals surface area contributed by atoms with E-state index in [1.54, 1.807) is 0 Å². The smallest absolute Gasteiger partial charge is 0.124 e. The molecule has 112 valence electrons. The van der Waals surface area contributed by atoms with Crippen molar-refractivity contribution in [2.45, 2.75) is 57.2 Å². The first-order valence-electron chi connectivity index (χ1n) is 7.78. The van der Waals surface area contributed by atoms with E-state index in [0.29, 0.717) is 12.5 Å². The molecule has 0 heterocycles. The quantitative estimate of drug-likeness (QED) is 0.558. The lowest BCUT2D eigenvalue weighted by Gasteiger charge is -2.26. The Morgan fingerprint density at radius 2 is 1.85 bits per heavy atom. The molecule has 1 aromatic rings. The summed E-state index contributed by atoms with van der Waals surface area (Å²) in [6.07, 6.45) is 9.21. The Morgan fingerprint density at radius 3 is 2.50 bits per heavy atom. The first-order valence-corrected chi connectivity index (χ1v) is 9.01. The van der Waals surface area contributed by atoms with Crippen molar-refractivity contribution in [3.8, 4) is 5.75 Å². The number of hydrogen-bond donors (Lipinski definition) is 0. The SMILES string of the molecule is CCOc1ccc(Br)cc1C(Cl)C1CCCCCCC1. The summed E-state index contributed by atoms with van der Waals surface area (Å²) < 4.78 is 6.83. The van der Waals surface area contributed by atoms with Crippen LogP contribution in [-0.4, -0.2) is 6.61 Å². The maximum Gasteiger partial charge on any atom is 0.124 e. The van der Waals surface area contributed by atoms with Crippen LogP contribution >= 0.6 is 27.5 Å². The molecule has 0 saturated heterocycles. The fraction of sp³-hybridized carbons (Fsp3) is 0.647. The van der Waals surface area contributed by atoms with E-state index in [0.717, 1.165) is 15.8 Å². The van der Waals surface area contributed by atoms with Crippen LogP contribution in [0.15, 0.2) is 22.7 Å². The normalized spacial score (nSPS) is 19.1. The molecule has 1 unspecified atom stereocenters. The van der Waals surface area contributed by atoms with E-state index >= 15 is 0 Å². The highest BCUT2D eigenvalue weighted by Crippen LogP contribution is 2.42. The molecule has 1 aliphatic rings. The molecule has 0 amide bonds. The van der Waals surface area contributed by atoms with Crippen molar-refractivity contribution in [1.29, 1.82) is 0 Å². The van der Waals surface area contributed by atoms with Gasteiger partial charge in [-0.25, -0.2) is 0 Å². The Labute approximate surface area is 136 Å². The van der Waals surface area contributed by atoms with E-state index in [9.17, 15) is 0 Å². The second-order valence-electron chi connectivity index (χ2n) is 5.62. The first-order chi connectivity index (χ1) is 9.72. The zero-order valence-corrected chi connectivity index (χ0v) is 14.5. The minimum atomic E-state index is 0.0622. The average Bonchev–Trinajstić information content (AvgIpc) is 2.40. The van der Waals surface area contributed by atoms with Gasteiger partial charge in [-0.2, -0.15) is 0 Å². The molecule has 0 aliphatic heterocycles. The second-order valence-corrected chi connectivity index (χ2v) is 7.01. The highest BCUT2D eigenvalue weighted by atomic mass is 79.9. The number of ether oxygens (including phenoxy) is 1. The fourth-order valence-electron chi connectivity index (χ4n) is 3.06. The lowest BCUT2D eigenvalue weighted by Crippen LogP contribution is -2.12. The molecule has 0 spiro atoms. The van der Waals surface area contributed by atoms with Crippen molar-refractivity contribution in [2.24, 2.45) is 5.92 Å². The van der Waals surface area contributed by atoms with Gasteiger partial charge in [0.1, 0.15) is 5.75 Å². The molecular weight excluding hydrogens is 336 g/mol. The fourth-order valence-corrected chi connectivity index (χ4v) is 3.86. The van der Waals surface area contributed by atoms with Crippen LogP contribution in [-0.2, 0) is 0 Å². The minimum absolute atomic E-state index is 0.0622. The van der Waals surface area contributed by atoms with Gasteiger partial charge in [0.25, 0.3) is 0 Å². The van der Waals surface area contributed by atoms with E-state index < -0.39 is 0 Å². The van der Waals surface area contributed by atoms with Gasteiger partial charge in [-0.1, -0.05) is 48.0 Å². The highest BCUT2D eigenvalue weighted by Gasteiger charge is 2.24. The van der Waals surface area contributed by atoms with Crippen molar-refractivity contribution in [3.05, 3.63) is 28.2 Å². The van der Waals surface area contributed by atoms with Crippen molar-refractivity contribution < 1.29 is 4.74 Å². The molecule has 3 heteroatoms. The molecule has 0 aromatic heterocycles. The summed E-state index contributed by atoms with van der Waals surface area (Å²) >= 11 is 10.4. The Balaban J connectivity index is 2.17. The van der Waals surface area contributed by atoms with Crippen LogP contribution in [0.1, 0.15) is 62.8 Å².